The van der Waals surface area contributed by atoms with Crippen LogP contribution < -0.4 is 10.6 Å². The molecule has 0 unspecified atom stereocenters. The number of anilines is 2. The largest absolute Gasteiger partial charge is 0.384 e. The highest BCUT2D eigenvalue weighted by Gasteiger charge is 2.25. The van der Waals surface area contributed by atoms with Crippen molar-refractivity contribution >= 4 is 38.2 Å². The number of nitrogen functional groups attached to an aromatic ring is 1. The van der Waals surface area contributed by atoms with E-state index in [4.69, 9.17) is 5.73 Å². The fourth-order valence-corrected chi connectivity index (χ4v) is 4.29. The molecule has 4 rings (SSSR count). The number of aromatic nitrogens is 2. The van der Waals surface area contributed by atoms with E-state index >= 15 is 0 Å². The van der Waals surface area contributed by atoms with Gasteiger partial charge in [-0.15, -0.1) is 0 Å². The van der Waals surface area contributed by atoms with Crippen molar-refractivity contribution in [3.8, 4) is 0 Å². The van der Waals surface area contributed by atoms with Gasteiger partial charge in [0.15, 0.2) is 9.84 Å². The van der Waals surface area contributed by atoms with Crippen LogP contribution in [0.25, 0.3) is 10.9 Å². The van der Waals surface area contributed by atoms with Gasteiger partial charge in [0.1, 0.15) is 11.6 Å². The number of para-hydroxylation sites is 1. The quantitative estimate of drug-likeness (QED) is 0.498. The summed E-state index contributed by atoms with van der Waals surface area (Å²) in [6.07, 6.45) is 3.30. The molecule has 0 radical (unpaired) electrons. The lowest BCUT2D eigenvalue weighted by Gasteiger charge is -2.25. The molecule has 2 heterocycles. The van der Waals surface area contributed by atoms with E-state index in [1.54, 1.807) is 24.3 Å². The summed E-state index contributed by atoms with van der Waals surface area (Å²) in [6, 6.07) is 16.2. The first-order chi connectivity index (χ1) is 15.2. The van der Waals surface area contributed by atoms with Crippen LogP contribution in [-0.2, 0) is 16.4 Å². The molecule has 1 amide bonds. The van der Waals surface area contributed by atoms with E-state index in [2.05, 4.69) is 9.97 Å². The van der Waals surface area contributed by atoms with Gasteiger partial charge in [0, 0.05) is 17.8 Å². The lowest BCUT2D eigenvalue weighted by atomic mass is 10.1. The first-order valence-electron chi connectivity index (χ1n) is 9.59. The fraction of sp³-hybridized carbons (Fsp3) is 0.0870. The molecule has 4 aromatic rings. The van der Waals surface area contributed by atoms with Crippen LogP contribution in [0.1, 0.15) is 15.9 Å². The van der Waals surface area contributed by atoms with Crippen LogP contribution in [0.2, 0.25) is 0 Å². The second kappa shape index (κ2) is 8.35. The number of sulfone groups is 1. The summed E-state index contributed by atoms with van der Waals surface area (Å²) in [5.41, 5.74) is 7.30. The molecule has 0 bridgehead atoms. The summed E-state index contributed by atoms with van der Waals surface area (Å²) in [4.78, 5) is 22.7. The molecular formula is C23H19FN4O3S. The molecule has 0 saturated heterocycles. The highest BCUT2D eigenvalue weighted by Crippen LogP contribution is 2.29. The number of halogens is 1. The Labute approximate surface area is 184 Å². The van der Waals surface area contributed by atoms with Crippen LogP contribution in [0.15, 0.2) is 78.0 Å². The molecule has 0 aliphatic carbocycles. The van der Waals surface area contributed by atoms with Gasteiger partial charge >= 0.3 is 0 Å². The molecule has 0 saturated carbocycles. The first-order valence-corrected chi connectivity index (χ1v) is 11.5. The summed E-state index contributed by atoms with van der Waals surface area (Å²) >= 11 is 0. The Balaban J connectivity index is 1.84. The molecule has 0 aliphatic heterocycles. The van der Waals surface area contributed by atoms with Crippen molar-refractivity contribution in [3.63, 3.8) is 0 Å². The zero-order valence-corrected chi connectivity index (χ0v) is 17.9. The summed E-state index contributed by atoms with van der Waals surface area (Å²) in [7, 11) is -3.65. The van der Waals surface area contributed by atoms with Gasteiger partial charge in [0.25, 0.3) is 5.91 Å². The van der Waals surface area contributed by atoms with E-state index in [1.165, 1.54) is 23.2 Å². The SMILES string of the molecule is CS(=O)(=O)c1ccccc1N(Cc1ccc2ccc(N)nc2c1)C(=O)c1cncc(F)c1. The predicted octanol–water partition coefficient (Wildman–Crippen LogP) is 3.60. The molecule has 2 N–H and O–H groups in total. The van der Waals surface area contributed by atoms with E-state index in [9.17, 15) is 17.6 Å². The number of nitrogens with zero attached hydrogens (tertiary/aromatic N) is 3. The predicted molar refractivity (Wildman–Crippen MR) is 120 cm³/mol. The summed E-state index contributed by atoms with van der Waals surface area (Å²) in [6.45, 7) is 0.0221. The number of pyridine rings is 2. The molecule has 9 heteroatoms. The number of nitrogens with two attached hydrogens (primary N) is 1. The maximum Gasteiger partial charge on any atom is 0.260 e. The average Bonchev–Trinajstić information content (AvgIpc) is 2.76. The number of hydrogen-bond acceptors (Lipinski definition) is 6. The minimum Gasteiger partial charge on any atom is -0.384 e. The summed E-state index contributed by atoms with van der Waals surface area (Å²) in [5.74, 6) is -0.901. The molecule has 32 heavy (non-hydrogen) atoms. The van der Waals surface area contributed by atoms with E-state index < -0.39 is 21.6 Å². The molecule has 0 aliphatic rings. The lowest BCUT2D eigenvalue weighted by Crippen LogP contribution is -2.32. The highest BCUT2D eigenvalue weighted by molar-refractivity contribution is 7.90. The van der Waals surface area contributed by atoms with Gasteiger partial charge < -0.3 is 10.6 Å². The van der Waals surface area contributed by atoms with E-state index in [-0.39, 0.29) is 22.7 Å². The van der Waals surface area contributed by atoms with Crippen molar-refractivity contribution in [2.75, 3.05) is 16.9 Å². The van der Waals surface area contributed by atoms with Crippen LogP contribution >= 0.6 is 0 Å². The monoisotopic (exact) mass is 450 g/mol. The van der Waals surface area contributed by atoms with Crippen molar-refractivity contribution in [3.05, 3.63) is 90.0 Å². The Morgan fingerprint density at radius 3 is 2.56 bits per heavy atom. The number of fused-ring (bicyclic) bond motifs is 1. The minimum atomic E-state index is -3.65. The highest BCUT2D eigenvalue weighted by atomic mass is 32.2. The van der Waals surface area contributed by atoms with Gasteiger partial charge in [0.2, 0.25) is 0 Å². The van der Waals surface area contributed by atoms with Crippen molar-refractivity contribution in [2.24, 2.45) is 0 Å². The van der Waals surface area contributed by atoms with E-state index in [0.717, 1.165) is 23.9 Å². The molecule has 7 nitrogen and oxygen atoms in total. The number of carbonyl (C=O) groups excluding carboxylic acids is 1. The number of carbonyl (C=O) groups is 1. The van der Waals surface area contributed by atoms with Crippen LogP contribution in [0.5, 0.6) is 0 Å². The third-order valence-corrected chi connectivity index (χ3v) is 6.02. The van der Waals surface area contributed by atoms with Gasteiger partial charge in [-0.05, 0) is 42.0 Å². The fourth-order valence-electron chi connectivity index (χ4n) is 3.40. The van der Waals surface area contributed by atoms with Gasteiger partial charge in [-0.2, -0.15) is 0 Å². The standard InChI is InChI=1S/C23H19FN4O3S/c1-32(30,31)21-5-3-2-4-20(21)28(23(29)17-11-18(24)13-26-12-17)14-15-6-7-16-8-9-22(25)27-19(16)10-15/h2-13H,14H2,1H3,(H2,25,27). The Kier molecular flexibility index (Phi) is 5.58. The molecule has 0 spiro atoms. The smallest absolute Gasteiger partial charge is 0.260 e. The van der Waals surface area contributed by atoms with Gasteiger partial charge in [-0.1, -0.05) is 24.3 Å². The van der Waals surface area contributed by atoms with E-state index in [1.807, 2.05) is 18.2 Å². The first kappa shape index (κ1) is 21.4. The Bertz CT molecular complexity index is 1440. The maximum absolute atomic E-state index is 13.8. The van der Waals surface area contributed by atoms with Crippen molar-refractivity contribution in [2.45, 2.75) is 11.4 Å². The summed E-state index contributed by atoms with van der Waals surface area (Å²) in [5, 5.41) is 0.867. The zero-order valence-electron chi connectivity index (χ0n) is 17.1. The van der Waals surface area contributed by atoms with Crippen LogP contribution in [-0.4, -0.2) is 30.5 Å². The molecule has 162 valence electrons. The maximum atomic E-state index is 13.8. The molecule has 2 aromatic carbocycles. The van der Waals surface area contributed by atoms with E-state index in [0.29, 0.717) is 16.9 Å². The second-order valence-electron chi connectivity index (χ2n) is 7.29. The van der Waals surface area contributed by atoms with Crippen LogP contribution in [0.4, 0.5) is 15.9 Å². The topological polar surface area (TPSA) is 106 Å². The molecular weight excluding hydrogens is 431 g/mol. The van der Waals surface area contributed by atoms with Crippen molar-refractivity contribution < 1.29 is 17.6 Å². The molecule has 0 fully saturated rings. The van der Waals surface area contributed by atoms with Crippen molar-refractivity contribution in [1.29, 1.82) is 0 Å². The number of benzene rings is 2. The third kappa shape index (κ3) is 4.42. The number of rotatable bonds is 5. The lowest BCUT2D eigenvalue weighted by molar-refractivity contribution is 0.0984. The second-order valence-corrected chi connectivity index (χ2v) is 9.27. The Morgan fingerprint density at radius 2 is 1.81 bits per heavy atom. The molecule has 2 aromatic heterocycles. The van der Waals surface area contributed by atoms with Gasteiger partial charge in [0.05, 0.1) is 34.4 Å². The average molecular weight is 450 g/mol. The minimum absolute atomic E-state index is 0.00328. The third-order valence-electron chi connectivity index (χ3n) is 4.87. The van der Waals surface area contributed by atoms with Crippen LogP contribution in [0.3, 0.4) is 0 Å². The number of hydrogen-bond donors (Lipinski definition) is 1. The number of amides is 1. The normalized spacial score (nSPS) is 11.4. The van der Waals surface area contributed by atoms with Crippen LogP contribution in [0, 0.1) is 5.82 Å². The zero-order chi connectivity index (χ0) is 22.9. The Hall–Kier alpha value is -3.85. The van der Waals surface area contributed by atoms with Gasteiger partial charge in [-0.3, -0.25) is 9.78 Å². The van der Waals surface area contributed by atoms with Crippen molar-refractivity contribution in [1.82, 2.24) is 9.97 Å². The Morgan fingerprint density at radius 1 is 1.06 bits per heavy atom. The summed E-state index contributed by atoms with van der Waals surface area (Å²) < 4.78 is 38.6. The van der Waals surface area contributed by atoms with Gasteiger partial charge in [-0.25, -0.2) is 17.8 Å². The molecule has 0 atom stereocenters.